The van der Waals surface area contributed by atoms with Gasteiger partial charge in [0.2, 0.25) is 10.0 Å². The molecule has 1 aromatic carbocycles. The van der Waals surface area contributed by atoms with Crippen molar-refractivity contribution in [1.82, 2.24) is 4.98 Å². The number of aromatic nitrogens is 1. The molecule has 2 saturated heterocycles. The Bertz CT molecular complexity index is 1600. The summed E-state index contributed by atoms with van der Waals surface area (Å²) in [5, 5.41) is 12.7. The van der Waals surface area contributed by atoms with Crippen LogP contribution in [0.2, 0.25) is 0 Å². The topological polar surface area (TPSA) is 128 Å². The lowest BCUT2D eigenvalue weighted by Gasteiger charge is -2.35. The van der Waals surface area contributed by atoms with Crippen molar-refractivity contribution in [1.29, 1.82) is 0 Å². The predicted octanol–water partition coefficient (Wildman–Crippen LogP) is 4.74. The number of sulfonamides is 1. The van der Waals surface area contributed by atoms with Crippen molar-refractivity contribution in [3.8, 4) is 0 Å². The van der Waals surface area contributed by atoms with Crippen LogP contribution < -0.4 is 19.8 Å². The number of nitrogens with zero attached hydrogens (tertiary/aromatic N) is 3. The zero-order valence-electron chi connectivity index (χ0n) is 23.5. The number of amides is 1. The monoisotopic (exact) mass is 603 g/mol. The number of hydrogen-bond donors (Lipinski definition) is 3. The summed E-state index contributed by atoms with van der Waals surface area (Å²) in [6.07, 6.45) is 5.36. The van der Waals surface area contributed by atoms with Gasteiger partial charge in [0.15, 0.2) is 11.4 Å². The van der Waals surface area contributed by atoms with E-state index in [9.17, 15) is 22.0 Å². The molecule has 4 heterocycles. The summed E-state index contributed by atoms with van der Waals surface area (Å²) in [4.78, 5) is 22.3. The third kappa shape index (κ3) is 5.89. The molecule has 226 valence electrons. The number of anilines is 4. The summed E-state index contributed by atoms with van der Waals surface area (Å²) in [5.74, 6) is -2.91. The molecule has 1 saturated carbocycles. The Hall–Kier alpha value is -3.45. The normalized spacial score (nSPS) is 19.7. The second kappa shape index (κ2) is 10.7. The Morgan fingerprint density at radius 1 is 1.05 bits per heavy atom. The first-order chi connectivity index (χ1) is 20.0. The van der Waals surface area contributed by atoms with E-state index in [0.29, 0.717) is 44.7 Å². The maximum Gasteiger partial charge on any atom is 0.258 e. The summed E-state index contributed by atoms with van der Waals surface area (Å²) < 4.78 is 60.7. The molecule has 1 spiro atoms. The van der Waals surface area contributed by atoms with E-state index >= 15 is 0 Å². The average molecular weight is 604 g/mol. The van der Waals surface area contributed by atoms with Crippen molar-refractivity contribution < 1.29 is 31.5 Å². The third-order valence-electron chi connectivity index (χ3n) is 8.79. The molecular weight excluding hydrogens is 568 g/mol. The van der Waals surface area contributed by atoms with Crippen LogP contribution in [0.5, 0.6) is 0 Å². The lowest BCUT2D eigenvalue weighted by atomic mass is 9.92. The number of furan rings is 1. The molecule has 3 N–H and O–H groups in total. The summed E-state index contributed by atoms with van der Waals surface area (Å²) in [6.45, 7) is 2.92. The smallest absolute Gasteiger partial charge is 0.258 e. The number of aliphatic hydroxyl groups is 1. The van der Waals surface area contributed by atoms with Gasteiger partial charge in [0.05, 0.1) is 35.6 Å². The van der Waals surface area contributed by atoms with Gasteiger partial charge in [0.1, 0.15) is 5.82 Å². The first kappa shape index (κ1) is 28.7. The Morgan fingerprint density at radius 3 is 2.40 bits per heavy atom. The summed E-state index contributed by atoms with van der Waals surface area (Å²) >= 11 is 0. The number of halogens is 2. The van der Waals surface area contributed by atoms with Crippen LogP contribution in [0, 0.1) is 12.3 Å². The average Bonchev–Trinajstić information content (AvgIpc) is 3.51. The minimum absolute atomic E-state index is 0.112. The number of nitrogens with one attached hydrogen (secondary N) is 2. The largest absolute Gasteiger partial charge is 0.460 e. The number of hydrogen-bond acceptors (Lipinski definition) is 8. The van der Waals surface area contributed by atoms with Crippen LogP contribution in [0.25, 0.3) is 11.0 Å². The lowest BCUT2D eigenvalue weighted by Crippen LogP contribution is -2.39. The van der Waals surface area contributed by atoms with Gasteiger partial charge in [-0.1, -0.05) is 0 Å². The van der Waals surface area contributed by atoms with Crippen LogP contribution in [0.3, 0.4) is 0 Å². The SMILES string of the molecule is Cc1cc(C(=O)Nc2cc3ccoc3c(N3CCC(F)(F)CC3)n2)c(N2CCC3(CC2)CC3)cc1NS(=O)(=O)CCO. The maximum atomic E-state index is 13.8. The number of aliphatic hydroxyl groups excluding tert-OH is 1. The first-order valence-electron chi connectivity index (χ1n) is 14.3. The summed E-state index contributed by atoms with van der Waals surface area (Å²) in [5.41, 5.74) is 2.75. The van der Waals surface area contributed by atoms with Crippen molar-refractivity contribution in [2.45, 2.75) is 51.4 Å². The fraction of sp³-hybridized carbons (Fsp3) is 0.517. The van der Waals surface area contributed by atoms with E-state index in [2.05, 4.69) is 19.9 Å². The number of alkyl halides is 2. The third-order valence-corrected chi connectivity index (χ3v) is 10.0. The number of carbonyl (C=O) groups excluding carboxylic acids is 1. The van der Waals surface area contributed by atoms with Gasteiger partial charge in [-0.05, 0) is 67.9 Å². The van der Waals surface area contributed by atoms with Gasteiger partial charge in [-0.15, -0.1) is 0 Å². The van der Waals surface area contributed by atoms with Crippen LogP contribution in [0.15, 0.2) is 34.9 Å². The highest BCUT2D eigenvalue weighted by Crippen LogP contribution is 2.54. The molecule has 6 rings (SSSR count). The molecule has 2 aliphatic heterocycles. The molecule has 1 amide bonds. The van der Waals surface area contributed by atoms with Gasteiger partial charge in [0, 0.05) is 44.4 Å². The minimum Gasteiger partial charge on any atom is -0.460 e. The standard InChI is InChI=1S/C29H35F2N5O5S/c1-19-16-21(23(18-22(19)34-42(39,40)15-13-37)35-9-5-28(3-4-28)6-10-35)27(38)33-24-17-20-2-14-41-25(20)26(32-24)36-11-7-29(30,31)8-12-36/h2,14,16-18,34,37H,3-13,15H2,1H3,(H,32,33,38). The molecule has 1 aliphatic carbocycles. The van der Waals surface area contributed by atoms with Gasteiger partial charge >= 0.3 is 0 Å². The van der Waals surface area contributed by atoms with Gasteiger partial charge < -0.3 is 24.6 Å². The first-order valence-corrected chi connectivity index (χ1v) is 16.0. The van der Waals surface area contributed by atoms with E-state index in [0.717, 1.165) is 25.9 Å². The molecule has 3 aliphatic rings. The highest BCUT2D eigenvalue weighted by molar-refractivity contribution is 7.92. The minimum atomic E-state index is -3.77. The van der Waals surface area contributed by atoms with Gasteiger partial charge in [-0.25, -0.2) is 22.2 Å². The number of fused-ring (bicyclic) bond motifs is 1. The van der Waals surface area contributed by atoms with E-state index < -0.39 is 34.2 Å². The summed E-state index contributed by atoms with van der Waals surface area (Å²) in [6, 6.07) is 6.77. The number of benzene rings is 1. The highest BCUT2D eigenvalue weighted by Gasteiger charge is 2.44. The number of carbonyl (C=O) groups is 1. The van der Waals surface area contributed by atoms with Gasteiger partial charge in [-0.3, -0.25) is 9.52 Å². The molecule has 3 fully saturated rings. The highest BCUT2D eigenvalue weighted by atomic mass is 32.2. The van der Waals surface area contributed by atoms with Crippen LogP contribution in [0.1, 0.15) is 54.4 Å². The fourth-order valence-electron chi connectivity index (χ4n) is 5.95. The Balaban J connectivity index is 1.32. The quantitative estimate of drug-likeness (QED) is 0.337. The number of piperidine rings is 2. The van der Waals surface area contributed by atoms with Crippen molar-refractivity contribution in [3.63, 3.8) is 0 Å². The van der Waals surface area contributed by atoms with Crippen LogP contribution in [-0.2, 0) is 10.0 Å². The zero-order chi connectivity index (χ0) is 29.7. The molecule has 0 radical (unpaired) electrons. The van der Waals surface area contributed by atoms with E-state index in [-0.39, 0.29) is 31.7 Å². The second-order valence-corrected chi connectivity index (χ2v) is 13.6. The molecular formula is C29H35F2N5O5S. The predicted molar refractivity (Wildman–Crippen MR) is 157 cm³/mol. The second-order valence-electron chi connectivity index (χ2n) is 11.8. The summed E-state index contributed by atoms with van der Waals surface area (Å²) in [7, 11) is -3.77. The molecule has 42 heavy (non-hydrogen) atoms. The van der Waals surface area contributed by atoms with Crippen LogP contribution in [-0.4, -0.2) is 68.9 Å². The zero-order valence-corrected chi connectivity index (χ0v) is 24.3. The van der Waals surface area contributed by atoms with Crippen LogP contribution >= 0.6 is 0 Å². The van der Waals surface area contributed by atoms with Gasteiger partial charge in [0.25, 0.3) is 11.8 Å². The van der Waals surface area contributed by atoms with E-state index in [1.807, 2.05) is 0 Å². The van der Waals surface area contributed by atoms with E-state index in [4.69, 9.17) is 9.52 Å². The molecule has 0 bridgehead atoms. The number of pyridine rings is 1. The lowest BCUT2D eigenvalue weighted by molar-refractivity contribution is -0.0221. The van der Waals surface area contributed by atoms with E-state index in [1.165, 1.54) is 19.1 Å². The Morgan fingerprint density at radius 2 is 1.74 bits per heavy atom. The number of aryl methyl sites for hydroxylation is 1. The van der Waals surface area contributed by atoms with Crippen LogP contribution in [0.4, 0.5) is 31.8 Å². The Labute approximate surface area is 243 Å². The molecule has 10 nitrogen and oxygen atoms in total. The van der Waals surface area contributed by atoms with E-state index in [1.54, 1.807) is 36.1 Å². The molecule has 13 heteroatoms. The van der Waals surface area contributed by atoms with Crippen molar-refractivity contribution in [2.75, 3.05) is 58.4 Å². The van der Waals surface area contributed by atoms with Crippen molar-refractivity contribution in [2.24, 2.45) is 5.41 Å². The fourth-order valence-corrected chi connectivity index (χ4v) is 6.85. The molecule has 0 unspecified atom stereocenters. The molecule has 2 aromatic heterocycles. The number of rotatable bonds is 8. The maximum absolute atomic E-state index is 13.8. The van der Waals surface area contributed by atoms with Crippen molar-refractivity contribution >= 4 is 49.9 Å². The molecule has 0 atom stereocenters. The Kier molecular flexibility index (Phi) is 7.28. The van der Waals surface area contributed by atoms with Gasteiger partial charge in [-0.2, -0.15) is 0 Å². The molecule has 3 aromatic rings. The van der Waals surface area contributed by atoms with Crippen molar-refractivity contribution in [3.05, 3.63) is 41.7 Å².